The van der Waals surface area contributed by atoms with Gasteiger partial charge in [0.2, 0.25) is 0 Å². The van der Waals surface area contributed by atoms with Crippen LogP contribution in [0.1, 0.15) is 11.1 Å². The van der Waals surface area contributed by atoms with Crippen LogP contribution in [-0.4, -0.2) is 0 Å². The first-order valence-corrected chi connectivity index (χ1v) is 4.86. The first-order valence-electron chi connectivity index (χ1n) is 3.33. The van der Waals surface area contributed by atoms with E-state index in [0.29, 0.717) is 6.54 Å². The highest BCUT2D eigenvalue weighted by Crippen LogP contribution is 2.20. The van der Waals surface area contributed by atoms with E-state index >= 15 is 0 Å². The quantitative estimate of drug-likeness (QED) is 0.599. The minimum atomic E-state index is 0.593. The molecule has 1 rings (SSSR count). The Hall–Kier alpha value is 0.260. The fraction of sp³-hybridized carbons (Fsp3) is 0.250. The van der Waals surface area contributed by atoms with Crippen molar-refractivity contribution in [2.45, 2.75) is 18.4 Å². The molecule has 0 amide bonds. The van der Waals surface area contributed by atoms with Crippen LogP contribution in [0.5, 0.6) is 0 Å². The zero-order chi connectivity index (χ0) is 8.43. The van der Waals surface area contributed by atoms with Crippen molar-refractivity contribution in [3.63, 3.8) is 0 Å². The highest BCUT2D eigenvalue weighted by atomic mass is 127. The van der Waals surface area contributed by atoms with Crippen LogP contribution in [-0.2, 0) is 6.54 Å². The minimum Gasteiger partial charge on any atom is -0.326 e. The van der Waals surface area contributed by atoms with Crippen LogP contribution in [0.2, 0.25) is 0 Å². The molecule has 0 saturated carbocycles. The third-order valence-corrected chi connectivity index (χ3v) is 2.76. The van der Waals surface area contributed by atoms with Gasteiger partial charge in [0, 0.05) is 15.0 Å². The van der Waals surface area contributed by atoms with Gasteiger partial charge in [0.25, 0.3) is 0 Å². The van der Waals surface area contributed by atoms with Crippen molar-refractivity contribution in [1.82, 2.24) is 0 Å². The average molecular weight is 279 g/mol. The highest BCUT2D eigenvalue weighted by Gasteiger charge is 2.00. The summed E-state index contributed by atoms with van der Waals surface area (Å²) in [5.74, 6) is 0. The molecular weight excluding hydrogens is 269 g/mol. The van der Waals surface area contributed by atoms with E-state index < -0.39 is 0 Å². The average Bonchev–Trinajstić information content (AvgIpc) is 1.96. The van der Waals surface area contributed by atoms with Crippen molar-refractivity contribution in [2.75, 3.05) is 0 Å². The van der Waals surface area contributed by atoms with Gasteiger partial charge in [-0.05, 0) is 52.8 Å². The van der Waals surface area contributed by atoms with Gasteiger partial charge in [-0.15, -0.1) is 12.6 Å². The number of hydrogen-bond acceptors (Lipinski definition) is 2. The monoisotopic (exact) mass is 279 g/mol. The summed E-state index contributed by atoms with van der Waals surface area (Å²) in [5.41, 5.74) is 7.92. The summed E-state index contributed by atoms with van der Waals surface area (Å²) < 4.78 is 1.19. The lowest BCUT2D eigenvalue weighted by Gasteiger charge is -2.06. The lowest BCUT2D eigenvalue weighted by molar-refractivity contribution is 1.03. The molecule has 0 aliphatic carbocycles. The van der Waals surface area contributed by atoms with Gasteiger partial charge in [-0.1, -0.05) is 0 Å². The van der Waals surface area contributed by atoms with E-state index in [1.165, 1.54) is 14.7 Å². The zero-order valence-electron chi connectivity index (χ0n) is 6.26. The van der Waals surface area contributed by atoms with E-state index in [-0.39, 0.29) is 0 Å². The Kier molecular flexibility index (Phi) is 3.21. The van der Waals surface area contributed by atoms with Crippen LogP contribution in [0.15, 0.2) is 17.0 Å². The Bertz CT molecular complexity index is 273. The van der Waals surface area contributed by atoms with Crippen LogP contribution in [0, 0.1) is 10.5 Å². The van der Waals surface area contributed by atoms with Crippen molar-refractivity contribution in [3.8, 4) is 0 Å². The van der Waals surface area contributed by atoms with Crippen LogP contribution >= 0.6 is 35.2 Å². The maximum absolute atomic E-state index is 5.55. The number of thiol groups is 1. The molecule has 0 atom stereocenters. The number of rotatable bonds is 1. The van der Waals surface area contributed by atoms with Gasteiger partial charge >= 0.3 is 0 Å². The first kappa shape index (κ1) is 9.35. The molecule has 1 aromatic rings. The van der Waals surface area contributed by atoms with Gasteiger partial charge in [-0.2, -0.15) is 0 Å². The third kappa shape index (κ3) is 2.10. The van der Waals surface area contributed by atoms with E-state index in [0.717, 1.165) is 4.90 Å². The Balaban J connectivity index is 3.24. The molecule has 0 unspecified atom stereocenters. The van der Waals surface area contributed by atoms with Crippen LogP contribution in [0.3, 0.4) is 0 Å². The number of hydrogen-bond donors (Lipinski definition) is 2. The second kappa shape index (κ2) is 3.78. The summed E-state index contributed by atoms with van der Waals surface area (Å²) in [6, 6.07) is 4.13. The maximum Gasteiger partial charge on any atom is 0.0181 e. The lowest BCUT2D eigenvalue weighted by atomic mass is 10.1. The van der Waals surface area contributed by atoms with Gasteiger partial charge in [0.1, 0.15) is 0 Å². The van der Waals surface area contributed by atoms with Crippen LogP contribution in [0.25, 0.3) is 0 Å². The first-order chi connectivity index (χ1) is 5.15. The summed E-state index contributed by atoms with van der Waals surface area (Å²) in [6.45, 7) is 2.64. The second-order valence-electron chi connectivity index (χ2n) is 2.41. The molecule has 1 nitrogen and oxygen atoms in total. The molecule has 3 heteroatoms. The van der Waals surface area contributed by atoms with Gasteiger partial charge < -0.3 is 5.73 Å². The molecule has 0 aliphatic heterocycles. The van der Waals surface area contributed by atoms with Gasteiger partial charge in [-0.25, -0.2) is 0 Å². The predicted molar refractivity (Wildman–Crippen MR) is 59.0 cm³/mol. The number of benzene rings is 1. The van der Waals surface area contributed by atoms with Crippen molar-refractivity contribution in [1.29, 1.82) is 0 Å². The molecule has 0 saturated heterocycles. The van der Waals surface area contributed by atoms with Crippen LogP contribution < -0.4 is 5.73 Å². The largest absolute Gasteiger partial charge is 0.326 e. The SMILES string of the molecule is Cc1c(S)cc(I)cc1CN. The van der Waals surface area contributed by atoms with E-state index in [4.69, 9.17) is 5.73 Å². The Morgan fingerprint density at radius 2 is 2.18 bits per heavy atom. The topological polar surface area (TPSA) is 26.0 Å². The zero-order valence-corrected chi connectivity index (χ0v) is 9.32. The molecule has 0 fully saturated rings. The Labute approximate surface area is 85.9 Å². The van der Waals surface area contributed by atoms with Crippen molar-refractivity contribution in [3.05, 3.63) is 26.8 Å². The van der Waals surface area contributed by atoms with Gasteiger partial charge in [-0.3, -0.25) is 0 Å². The standard InChI is InChI=1S/C8H10INS/c1-5-6(4-10)2-7(9)3-8(5)11/h2-3,11H,4,10H2,1H3. The highest BCUT2D eigenvalue weighted by molar-refractivity contribution is 14.1. The molecular formula is C8H10INS. The predicted octanol–water partition coefficient (Wildman–Crippen LogP) is 2.35. The number of halogens is 1. The molecule has 0 heterocycles. The molecule has 0 spiro atoms. The summed E-state index contributed by atoms with van der Waals surface area (Å²) >= 11 is 6.60. The Morgan fingerprint density at radius 3 is 2.73 bits per heavy atom. The fourth-order valence-electron chi connectivity index (χ4n) is 0.932. The van der Waals surface area contributed by atoms with Gasteiger partial charge in [0.05, 0.1) is 0 Å². The molecule has 0 radical (unpaired) electrons. The summed E-state index contributed by atoms with van der Waals surface area (Å²) in [5, 5.41) is 0. The van der Waals surface area contributed by atoms with E-state index in [1.54, 1.807) is 0 Å². The lowest BCUT2D eigenvalue weighted by Crippen LogP contribution is -2.00. The summed E-state index contributed by atoms with van der Waals surface area (Å²) in [6.07, 6.45) is 0. The van der Waals surface area contributed by atoms with E-state index in [1.807, 2.05) is 13.0 Å². The normalized spacial score (nSPS) is 10.2. The Morgan fingerprint density at radius 1 is 1.55 bits per heavy atom. The summed E-state index contributed by atoms with van der Waals surface area (Å²) in [4.78, 5) is 1.03. The molecule has 60 valence electrons. The minimum absolute atomic E-state index is 0.593. The number of nitrogens with two attached hydrogens (primary N) is 1. The molecule has 2 N–H and O–H groups in total. The second-order valence-corrected chi connectivity index (χ2v) is 4.14. The van der Waals surface area contributed by atoms with Crippen molar-refractivity contribution in [2.24, 2.45) is 5.73 Å². The van der Waals surface area contributed by atoms with Gasteiger partial charge in [0.15, 0.2) is 0 Å². The summed E-state index contributed by atoms with van der Waals surface area (Å²) in [7, 11) is 0. The van der Waals surface area contributed by atoms with Crippen molar-refractivity contribution < 1.29 is 0 Å². The van der Waals surface area contributed by atoms with E-state index in [9.17, 15) is 0 Å². The molecule has 0 aromatic heterocycles. The third-order valence-electron chi connectivity index (χ3n) is 1.67. The van der Waals surface area contributed by atoms with E-state index in [2.05, 4.69) is 41.3 Å². The molecule has 0 bridgehead atoms. The molecule has 1 aromatic carbocycles. The van der Waals surface area contributed by atoms with Crippen molar-refractivity contribution >= 4 is 35.2 Å². The van der Waals surface area contributed by atoms with Crippen LogP contribution in [0.4, 0.5) is 0 Å². The molecule has 11 heavy (non-hydrogen) atoms. The maximum atomic E-state index is 5.55. The molecule has 0 aliphatic rings. The fourth-order valence-corrected chi connectivity index (χ4v) is 2.15. The smallest absolute Gasteiger partial charge is 0.0181 e.